The summed E-state index contributed by atoms with van der Waals surface area (Å²) in [5, 5.41) is 0. The molecule has 1 heteroatoms. The molecule has 0 aromatic carbocycles. The Hall–Kier alpha value is -0.0400. The van der Waals surface area contributed by atoms with E-state index in [2.05, 4.69) is 6.92 Å². The quantitative estimate of drug-likeness (QED) is 0.572. The van der Waals surface area contributed by atoms with Crippen LogP contribution in [0, 0.1) is 5.92 Å². The first-order valence-electron chi connectivity index (χ1n) is 4.08. The molecule has 9 heavy (non-hydrogen) atoms. The second-order valence-corrected chi connectivity index (χ2v) is 3.20. The molecule has 1 saturated carbocycles. The summed E-state index contributed by atoms with van der Waals surface area (Å²) in [5.41, 5.74) is 5.80. The van der Waals surface area contributed by atoms with E-state index < -0.39 is 0 Å². The van der Waals surface area contributed by atoms with Crippen LogP contribution in [0.15, 0.2) is 0 Å². The molecule has 0 saturated heterocycles. The predicted octanol–water partition coefficient (Wildman–Crippen LogP) is 1.91. The second kappa shape index (κ2) is 3.21. The summed E-state index contributed by atoms with van der Waals surface area (Å²) in [4.78, 5) is 0. The van der Waals surface area contributed by atoms with E-state index in [1.165, 1.54) is 32.1 Å². The van der Waals surface area contributed by atoms with Crippen molar-refractivity contribution in [3.05, 3.63) is 0 Å². The first-order valence-corrected chi connectivity index (χ1v) is 4.08. The zero-order valence-corrected chi connectivity index (χ0v) is 6.27. The molecule has 0 spiro atoms. The molecule has 1 fully saturated rings. The minimum atomic E-state index is 0.517. The lowest BCUT2D eigenvalue weighted by Crippen LogP contribution is -2.27. The fourth-order valence-corrected chi connectivity index (χ4v) is 1.70. The zero-order valence-electron chi connectivity index (χ0n) is 6.27. The monoisotopic (exact) mass is 127 g/mol. The molecule has 0 radical (unpaired) electrons. The van der Waals surface area contributed by atoms with Crippen LogP contribution in [0.3, 0.4) is 0 Å². The summed E-state index contributed by atoms with van der Waals surface area (Å²) in [6, 6.07) is 0.517. The summed E-state index contributed by atoms with van der Waals surface area (Å²) in [6.45, 7) is 2.27. The molecule has 1 aliphatic rings. The lowest BCUT2D eigenvalue weighted by molar-refractivity contribution is 0.315. The van der Waals surface area contributed by atoms with Crippen LogP contribution in [0.5, 0.6) is 0 Å². The van der Waals surface area contributed by atoms with Crippen LogP contribution in [0.4, 0.5) is 0 Å². The van der Waals surface area contributed by atoms with Crippen molar-refractivity contribution in [3.63, 3.8) is 0 Å². The molecule has 0 bridgehead atoms. The Labute approximate surface area is 57.6 Å². The largest absolute Gasteiger partial charge is 0.328 e. The highest BCUT2D eigenvalue weighted by atomic mass is 14.6. The Morgan fingerprint density at radius 1 is 1.44 bits per heavy atom. The van der Waals surface area contributed by atoms with E-state index in [4.69, 9.17) is 5.73 Å². The number of hydrogen-bond acceptors (Lipinski definition) is 1. The summed E-state index contributed by atoms with van der Waals surface area (Å²) in [7, 11) is 0. The summed E-state index contributed by atoms with van der Waals surface area (Å²) in [6.07, 6.45) is 6.64. The highest BCUT2D eigenvalue weighted by Gasteiger charge is 2.16. The predicted molar refractivity (Wildman–Crippen MR) is 40.2 cm³/mol. The maximum atomic E-state index is 5.80. The molecule has 0 amide bonds. The molecule has 1 nitrogen and oxygen atoms in total. The minimum absolute atomic E-state index is 0.517. The van der Waals surface area contributed by atoms with Crippen molar-refractivity contribution in [2.45, 2.75) is 45.1 Å². The van der Waals surface area contributed by atoms with Gasteiger partial charge in [0, 0.05) is 6.04 Å². The maximum absolute atomic E-state index is 5.80. The van der Waals surface area contributed by atoms with Crippen LogP contribution in [0.1, 0.15) is 39.0 Å². The van der Waals surface area contributed by atoms with Gasteiger partial charge in [0.2, 0.25) is 0 Å². The van der Waals surface area contributed by atoms with Gasteiger partial charge in [-0.1, -0.05) is 26.2 Å². The summed E-state index contributed by atoms with van der Waals surface area (Å²) >= 11 is 0. The Balaban J connectivity index is 2.23. The highest BCUT2D eigenvalue weighted by molar-refractivity contribution is 4.73. The van der Waals surface area contributed by atoms with Gasteiger partial charge in [-0.3, -0.25) is 0 Å². The van der Waals surface area contributed by atoms with Crippen LogP contribution in [0.25, 0.3) is 0 Å². The third kappa shape index (κ3) is 1.98. The Bertz CT molecular complexity index is 80.6. The van der Waals surface area contributed by atoms with E-state index >= 15 is 0 Å². The van der Waals surface area contributed by atoms with Crippen LogP contribution in [-0.2, 0) is 0 Å². The molecular formula is C8H17N. The topological polar surface area (TPSA) is 26.0 Å². The van der Waals surface area contributed by atoms with E-state index in [0.29, 0.717) is 6.04 Å². The van der Waals surface area contributed by atoms with Crippen molar-refractivity contribution < 1.29 is 0 Å². The zero-order chi connectivity index (χ0) is 6.69. The number of hydrogen-bond donors (Lipinski definition) is 1. The van der Waals surface area contributed by atoms with Gasteiger partial charge in [0.05, 0.1) is 0 Å². The van der Waals surface area contributed by atoms with E-state index in [9.17, 15) is 0 Å². The van der Waals surface area contributed by atoms with Crippen molar-refractivity contribution in [3.8, 4) is 0 Å². The molecule has 0 aromatic heterocycles. The molecule has 2 unspecified atom stereocenters. The van der Waals surface area contributed by atoms with Gasteiger partial charge in [0.1, 0.15) is 0 Å². The molecule has 1 aliphatic carbocycles. The molecule has 0 heterocycles. The maximum Gasteiger partial charge on any atom is 0.00414 e. The fraction of sp³-hybridized carbons (Fsp3) is 1.00. The van der Waals surface area contributed by atoms with Gasteiger partial charge in [-0.05, 0) is 18.8 Å². The lowest BCUT2D eigenvalue weighted by Gasteiger charge is -2.25. The standard InChI is InChI=1S/C8H17N/c1-2-7-4-3-5-8(9)6-7/h7-8H,2-6,9H2,1H3. The van der Waals surface area contributed by atoms with E-state index in [1.54, 1.807) is 0 Å². The average Bonchev–Trinajstić information content (AvgIpc) is 1.88. The van der Waals surface area contributed by atoms with Crippen LogP contribution in [-0.4, -0.2) is 6.04 Å². The third-order valence-electron chi connectivity index (χ3n) is 2.40. The van der Waals surface area contributed by atoms with Gasteiger partial charge < -0.3 is 5.73 Å². The molecular weight excluding hydrogens is 110 g/mol. The Kier molecular flexibility index (Phi) is 2.52. The van der Waals surface area contributed by atoms with Gasteiger partial charge in [-0.2, -0.15) is 0 Å². The van der Waals surface area contributed by atoms with Gasteiger partial charge in [-0.15, -0.1) is 0 Å². The van der Waals surface area contributed by atoms with Crippen molar-refractivity contribution in [2.24, 2.45) is 11.7 Å². The van der Waals surface area contributed by atoms with Crippen molar-refractivity contribution in [1.29, 1.82) is 0 Å². The third-order valence-corrected chi connectivity index (χ3v) is 2.40. The van der Waals surface area contributed by atoms with E-state index in [0.717, 1.165) is 5.92 Å². The second-order valence-electron chi connectivity index (χ2n) is 3.20. The Morgan fingerprint density at radius 3 is 2.67 bits per heavy atom. The minimum Gasteiger partial charge on any atom is -0.328 e. The van der Waals surface area contributed by atoms with Crippen LogP contribution >= 0.6 is 0 Å². The van der Waals surface area contributed by atoms with Crippen LogP contribution in [0.2, 0.25) is 0 Å². The van der Waals surface area contributed by atoms with Gasteiger partial charge in [0.25, 0.3) is 0 Å². The average molecular weight is 127 g/mol. The molecule has 0 aromatic rings. The normalized spacial score (nSPS) is 36.7. The fourth-order valence-electron chi connectivity index (χ4n) is 1.70. The molecule has 2 N–H and O–H groups in total. The van der Waals surface area contributed by atoms with Gasteiger partial charge in [0.15, 0.2) is 0 Å². The smallest absolute Gasteiger partial charge is 0.00414 e. The van der Waals surface area contributed by atoms with Gasteiger partial charge >= 0.3 is 0 Å². The highest BCUT2D eigenvalue weighted by Crippen LogP contribution is 2.24. The van der Waals surface area contributed by atoms with E-state index in [1.807, 2.05) is 0 Å². The SMILES string of the molecule is CCC1CCCC(N)C1. The summed E-state index contributed by atoms with van der Waals surface area (Å²) in [5.74, 6) is 0.939. The van der Waals surface area contributed by atoms with Gasteiger partial charge in [-0.25, -0.2) is 0 Å². The molecule has 2 atom stereocenters. The Morgan fingerprint density at radius 2 is 2.22 bits per heavy atom. The lowest BCUT2D eigenvalue weighted by atomic mass is 9.85. The number of rotatable bonds is 1. The first kappa shape index (κ1) is 7.07. The molecule has 54 valence electrons. The molecule has 1 rings (SSSR count). The summed E-state index contributed by atoms with van der Waals surface area (Å²) < 4.78 is 0. The first-order chi connectivity index (χ1) is 4.33. The van der Waals surface area contributed by atoms with E-state index in [-0.39, 0.29) is 0 Å². The number of nitrogens with two attached hydrogens (primary N) is 1. The van der Waals surface area contributed by atoms with Crippen molar-refractivity contribution >= 4 is 0 Å². The van der Waals surface area contributed by atoms with Crippen molar-refractivity contribution in [1.82, 2.24) is 0 Å². The van der Waals surface area contributed by atoms with Crippen LogP contribution < -0.4 is 5.73 Å². The van der Waals surface area contributed by atoms with Crippen molar-refractivity contribution in [2.75, 3.05) is 0 Å². The molecule has 0 aliphatic heterocycles.